The first-order valence-electron chi connectivity index (χ1n) is 8.28. The minimum absolute atomic E-state index is 0.0657. The lowest BCUT2D eigenvalue weighted by Gasteiger charge is -2.41. The van der Waals surface area contributed by atoms with Gasteiger partial charge in [-0.05, 0) is 63.8 Å². The van der Waals surface area contributed by atoms with E-state index in [4.69, 9.17) is 16.3 Å². The number of anilines is 1. The van der Waals surface area contributed by atoms with Crippen LogP contribution in [0.3, 0.4) is 0 Å². The number of methoxy groups -OCH3 is 1. The van der Waals surface area contributed by atoms with Gasteiger partial charge in [0.2, 0.25) is 0 Å². The second kappa shape index (κ2) is 7.54. The van der Waals surface area contributed by atoms with Crippen LogP contribution in [0.4, 0.5) is 5.69 Å². The summed E-state index contributed by atoms with van der Waals surface area (Å²) in [5.74, 6) is -0.350. The van der Waals surface area contributed by atoms with Crippen molar-refractivity contribution < 1.29 is 9.53 Å². The van der Waals surface area contributed by atoms with Crippen molar-refractivity contribution in [2.45, 2.75) is 57.5 Å². The van der Waals surface area contributed by atoms with Crippen LogP contribution in [0.25, 0.3) is 0 Å². The highest BCUT2D eigenvalue weighted by atomic mass is 35.5. The van der Waals surface area contributed by atoms with Crippen molar-refractivity contribution in [1.82, 2.24) is 5.32 Å². The first kappa shape index (κ1) is 18.1. The first-order valence-corrected chi connectivity index (χ1v) is 8.66. The number of hydrogen-bond acceptors (Lipinski definition) is 4. The predicted octanol–water partition coefficient (Wildman–Crippen LogP) is 4.16. The number of ether oxygens (including phenoxy) is 1. The fourth-order valence-electron chi connectivity index (χ4n) is 3.44. The van der Waals surface area contributed by atoms with Crippen molar-refractivity contribution in [3.05, 3.63) is 28.3 Å². The van der Waals surface area contributed by atoms with Crippen molar-refractivity contribution in [3.63, 3.8) is 0 Å². The summed E-state index contributed by atoms with van der Waals surface area (Å²) in [6.07, 6.45) is 5.56. The molecule has 0 heterocycles. The Morgan fingerprint density at radius 2 is 2.04 bits per heavy atom. The molecule has 4 nitrogen and oxygen atoms in total. The Bertz CT molecular complexity index is 566. The number of halogens is 1. The maximum Gasteiger partial charge on any atom is 0.338 e. The second-order valence-electron chi connectivity index (χ2n) is 6.44. The van der Waals surface area contributed by atoms with Gasteiger partial charge in [0.15, 0.2) is 0 Å². The lowest BCUT2D eigenvalue weighted by Crippen LogP contribution is -2.45. The smallest absolute Gasteiger partial charge is 0.338 e. The number of rotatable bonds is 5. The van der Waals surface area contributed by atoms with Gasteiger partial charge >= 0.3 is 5.97 Å². The summed E-state index contributed by atoms with van der Waals surface area (Å²) in [4.78, 5) is 11.9. The van der Waals surface area contributed by atoms with E-state index in [0.29, 0.717) is 16.6 Å². The zero-order valence-electron chi connectivity index (χ0n) is 14.5. The molecule has 0 aliphatic heterocycles. The van der Waals surface area contributed by atoms with Crippen molar-refractivity contribution in [3.8, 4) is 0 Å². The third-order valence-electron chi connectivity index (χ3n) is 5.21. The lowest BCUT2D eigenvalue weighted by atomic mass is 9.77. The third kappa shape index (κ3) is 3.99. The summed E-state index contributed by atoms with van der Waals surface area (Å²) < 4.78 is 4.86. The zero-order valence-corrected chi connectivity index (χ0v) is 15.2. The van der Waals surface area contributed by atoms with Gasteiger partial charge in [-0.2, -0.15) is 0 Å². The van der Waals surface area contributed by atoms with E-state index in [1.54, 1.807) is 6.07 Å². The Morgan fingerprint density at radius 1 is 1.39 bits per heavy atom. The molecule has 0 radical (unpaired) electrons. The molecule has 128 valence electrons. The third-order valence-corrected chi connectivity index (χ3v) is 5.42. The molecule has 5 heteroatoms. The Hall–Kier alpha value is -1.26. The second-order valence-corrected chi connectivity index (χ2v) is 6.88. The van der Waals surface area contributed by atoms with Crippen LogP contribution in [-0.2, 0) is 4.74 Å². The number of carbonyl (C=O) groups is 1. The molecule has 0 amide bonds. The normalized spacial score (nSPS) is 24.3. The van der Waals surface area contributed by atoms with E-state index in [2.05, 4.69) is 17.6 Å². The summed E-state index contributed by atoms with van der Waals surface area (Å²) in [6.45, 7) is 4.15. The van der Waals surface area contributed by atoms with Crippen molar-refractivity contribution >= 4 is 23.3 Å². The molecular formula is C18H27ClN2O2. The molecule has 0 atom stereocenters. The summed E-state index contributed by atoms with van der Waals surface area (Å²) in [6, 6.07) is 4.18. The molecule has 23 heavy (non-hydrogen) atoms. The molecule has 1 aliphatic rings. The van der Waals surface area contributed by atoms with Gasteiger partial charge in [0.1, 0.15) is 0 Å². The summed E-state index contributed by atoms with van der Waals surface area (Å²) in [7, 11) is 3.42. The van der Waals surface area contributed by atoms with Crippen molar-refractivity contribution in [2.24, 2.45) is 0 Å². The highest BCUT2D eigenvalue weighted by Gasteiger charge is 2.34. The Morgan fingerprint density at radius 3 is 2.57 bits per heavy atom. The minimum Gasteiger partial charge on any atom is -0.465 e. The molecular weight excluding hydrogens is 312 g/mol. The van der Waals surface area contributed by atoms with E-state index in [1.165, 1.54) is 7.11 Å². The van der Waals surface area contributed by atoms with Crippen molar-refractivity contribution in [2.75, 3.05) is 19.5 Å². The highest BCUT2D eigenvalue weighted by molar-refractivity contribution is 6.31. The summed E-state index contributed by atoms with van der Waals surface area (Å²) in [5.41, 5.74) is 2.42. The molecule has 1 aromatic rings. The zero-order chi connectivity index (χ0) is 17.0. The predicted molar refractivity (Wildman–Crippen MR) is 95.5 cm³/mol. The van der Waals surface area contributed by atoms with E-state index >= 15 is 0 Å². The van der Waals surface area contributed by atoms with Crippen LogP contribution in [-0.4, -0.2) is 31.7 Å². The van der Waals surface area contributed by atoms with Gasteiger partial charge in [-0.25, -0.2) is 4.79 Å². The molecule has 0 unspecified atom stereocenters. The van der Waals surface area contributed by atoms with Crippen LogP contribution in [0.15, 0.2) is 12.1 Å². The molecule has 0 bridgehead atoms. The van der Waals surface area contributed by atoms with E-state index in [-0.39, 0.29) is 11.5 Å². The molecule has 1 aliphatic carbocycles. The van der Waals surface area contributed by atoms with E-state index in [9.17, 15) is 4.79 Å². The average molecular weight is 339 g/mol. The number of hydrogen-bond donors (Lipinski definition) is 2. The van der Waals surface area contributed by atoms with Gasteiger partial charge in [0.25, 0.3) is 0 Å². The van der Waals surface area contributed by atoms with Crippen LogP contribution in [0.2, 0.25) is 5.02 Å². The van der Waals surface area contributed by atoms with Crippen LogP contribution in [0.1, 0.15) is 54.9 Å². The van der Waals surface area contributed by atoms with Gasteiger partial charge in [-0.3, -0.25) is 0 Å². The summed E-state index contributed by atoms with van der Waals surface area (Å²) >= 11 is 6.22. The minimum atomic E-state index is -0.350. The van der Waals surface area contributed by atoms with E-state index in [0.717, 1.165) is 43.4 Å². The van der Waals surface area contributed by atoms with Gasteiger partial charge in [-0.15, -0.1) is 0 Å². The SMILES string of the molecule is CC[C@]1(Nc2cc(Cl)cc(C(=O)OC)c2C)CC[C@@H](NC)CC1. The molecule has 1 aromatic carbocycles. The van der Waals surface area contributed by atoms with Gasteiger partial charge in [0.05, 0.1) is 12.7 Å². The molecule has 1 saturated carbocycles. The fraction of sp³-hybridized carbons (Fsp3) is 0.611. The van der Waals surface area contributed by atoms with Crippen LogP contribution in [0, 0.1) is 6.92 Å². The molecule has 0 spiro atoms. The lowest BCUT2D eigenvalue weighted by molar-refractivity contribution is 0.0600. The largest absolute Gasteiger partial charge is 0.465 e. The fourth-order valence-corrected chi connectivity index (χ4v) is 3.66. The average Bonchev–Trinajstić information content (AvgIpc) is 2.57. The molecule has 2 rings (SSSR count). The molecule has 1 fully saturated rings. The maximum absolute atomic E-state index is 11.9. The van der Waals surface area contributed by atoms with Gasteiger partial charge < -0.3 is 15.4 Å². The standard InChI is InChI=1S/C18H27ClN2O2/c1-5-18(8-6-14(20-3)7-9-18)21-16-11-13(19)10-15(12(16)2)17(22)23-4/h10-11,14,20-21H,5-9H2,1-4H3/t14-,18+. The first-order chi connectivity index (χ1) is 10.9. The Balaban J connectivity index is 2.28. The quantitative estimate of drug-likeness (QED) is 0.791. The highest BCUT2D eigenvalue weighted by Crippen LogP contribution is 2.36. The number of nitrogens with one attached hydrogen (secondary N) is 2. The molecule has 0 saturated heterocycles. The van der Waals surface area contributed by atoms with Crippen molar-refractivity contribution in [1.29, 1.82) is 0 Å². The number of carbonyl (C=O) groups excluding carboxylic acids is 1. The molecule has 2 N–H and O–H groups in total. The Labute approximate surface area is 143 Å². The van der Waals surface area contributed by atoms with Crippen LogP contribution in [0.5, 0.6) is 0 Å². The van der Waals surface area contributed by atoms with Crippen LogP contribution >= 0.6 is 11.6 Å². The Kier molecular flexibility index (Phi) is 5.93. The van der Waals surface area contributed by atoms with Gasteiger partial charge in [0, 0.05) is 22.3 Å². The van der Waals surface area contributed by atoms with E-state index < -0.39 is 0 Å². The van der Waals surface area contributed by atoms with Gasteiger partial charge in [-0.1, -0.05) is 18.5 Å². The number of benzene rings is 1. The number of esters is 1. The topological polar surface area (TPSA) is 50.4 Å². The van der Waals surface area contributed by atoms with E-state index in [1.807, 2.05) is 20.0 Å². The summed E-state index contributed by atoms with van der Waals surface area (Å²) in [5, 5.41) is 7.62. The monoisotopic (exact) mass is 338 g/mol. The molecule has 0 aromatic heterocycles. The maximum atomic E-state index is 11.9. The van der Waals surface area contributed by atoms with Crippen LogP contribution < -0.4 is 10.6 Å².